The van der Waals surface area contributed by atoms with Gasteiger partial charge in [0.2, 0.25) is 0 Å². The van der Waals surface area contributed by atoms with Crippen LogP contribution in [-0.4, -0.2) is 55.8 Å². The molecule has 1 aromatic carbocycles. The van der Waals surface area contributed by atoms with E-state index < -0.39 is 0 Å². The van der Waals surface area contributed by atoms with E-state index in [0.29, 0.717) is 38.5 Å². The van der Waals surface area contributed by atoms with E-state index >= 15 is 0 Å². The van der Waals surface area contributed by atoms with Crippen molar-refractivity contribution in [3.8, 4) is 5.75 Å². The van der Waals surface area contributed by atoms with E-state index in [1.807, 2.05) is 38.1 Å². The highest BCUT2D eigenvalue weighted by Crippen LogP contribution is 2.14. The van der Waals surface area contributed by atoms with E-state index in [-0.39, 0.29) is 31.0 Å². The minimum atomic E-state index is -0.301. The zero-order valence-electron chi connectivity index (χ0n) is 17.0. The van der Waals surface area contributed by atoms with Gasteiger partial charge in [-0.1, -0.05) is 19.1 Å². The first-order chi connectivity index (χ1) is 13.0. The number of ether oxygens (including phenoxy) is 3. The molecule has 0 aromatic heterocycles. The zero-order chi connectivity index (χ0) is 20.1. The molecule has 0 atom stereocenters. The Labute approximate surface area is 162 Å². The molecule has 0 saturated heterocycles. The summed E-state index contributed by atoms with van der Waals surface area (Å²) in [6.45, 7) is 9.47. The molecular weight excluding hydrogens is 346 g/mol. The van der Waals surface area contributed by atoms with E-state index in [0.717, 1.165) is 12.0 Å². The molecule has 0 aliphatic heterocycles. The van der Waals surface area contributed by atoms with Crippen LogP contribution < -0.4 is 4.74 Å². The standard InChI is InChI=1S/C21H33NO5/c1-5-18-9-7-10-19(15-18)27-16-20(23)22(12-8-14-26-17(3)4)13-11-21(24)25-6-2/h7,9-10,15,17H,5-6,8,11-14,16H2,1-4H3. The molecule has 0 aliphatic carbocycles. The summed E-state index contributed by atoms with van der Waals surface area (Å²) < 4.78 is 16.1. The maximum atomic E-state index is 12.6. The van der Waals surface area contributed by atoms with Crippen LogP contribution in [0.15, 0.2) is 24.3 Å². The van der Waals surface area contributed by atoms with Crippen molar-refractivity contribution in [1.29, 1.82) is 0 Å². The van der Waals surface area contributed by atoms with Crippen LogP contribution in [0.3, 0.4) is 0 Å². The van der Waals surface area contributed by atoms with Crippen LogP contribution >= 0.6 is 0 Å². The number of benzene rings is 1. The smallest absolute Gasteiger partial charge is 0.307 e. The summed E-state index contributed by atoms with van der Waals surface area (Å²) in [5, 5.41) is 0. The number of rotatable bonds is 13. The number of hydrogen-bond donors (Lipinski definition) is 0. The van der Waals surface area contributed by atoms with Gasteiger partial charge < -0.3 is 19.1 Å². The number of carbonyl (C=O) groups excluding carboxylic acids is 2. The number of nitrogens with zero attached hydrogens (tertiary/aromatic N) is 1. The lowest BCUT2D eigenvalue weighted by molar-refractivity contribution is -0.144. The van der Waals surface area contributed by atoms with Gasteiger partial charge in [0.05, 0.1) is 19.1 Å². The zero-order valence-corrected chi connectivity index (χ0v) is 17.0. The van der Waals surface area contributed by atoms with Gasteiger partial charge in [-0.2, -0.15) is 0 Å². The van der Waals surface area contributed by atoms with Crippen molar-refractivity contribution < 1.29 is 23.8 Å². The van der Waals surface area contributed by atoms with Crippen molar-refractivity contribution in [2.24, 2.45) is 0 Å². The molecule has 6 nitrogen and oxygen atoms in total. The van der Waals surface area contributed by atoms with Crippen LogP contribution in [0.5, 0.6) is 5.75 Å². The van der Waals surface area contributed by atoms with E-state index in [1.165, 1.54) is 0 Å². The topological polar surface area (TPSA) is 65.1 Å². The van der Waals surface area contributed by atoms with Gasteiger partial charge in [0.15, 0.2) is 6.61 Å². The normalized spacial score (nSPS) is 10.7. The Morgan fingerprint density at radius 3 is 2.59 bits per heavy atom. The minimum absolute atomic E-state index is 0.0545. The molecule has 1 rings (SSSR count). The van der Waals surface area contributed by atoms with E-state index in [4.69, 9.17) is 14.2 Å². The summed E-state index contributed by atoms with van der Waals surface area (Å²) in [4.78, 5) is 25.8. The molecule has 27 heavy (non-hydrogen) atoms. The molecule has 152 valence electrons. The maximum absolute atomic E-state index is 12.6. The largest absolute Gasteiger partial charge is 0.484 e. The van der Waals surface area contributed by atoms with Gasteiger partial charge in [-0.15, -0.1) is 0 Å². The molecule has 0 bridgehead atoms. The third kappa shape index (κ3) is 9.99. The molecule has 0 aliphatic rings. The van der Waals surface area contributed by atoms with Gasteiger partial charge in [0.1, 0.15) is 5.75 Å². The van der Waals surface area contributed by atoms with Crippen LogP contribution in [0.1, 0.15) is 46.1 Å². The number of aryl methyl sites for hydroxylation is 1. The Morgan fingerprint density at radius 1 is 1.15 bits per heavy atom. The van der Waals surface area contributed by atoms with E-state index in [9.17, 15) is 9.59 Å². The molecule has 1 aromatic rings. The van der Waals surface area contributed by atoms with Crippen molar-refractivity contribution in [1.82, 2.24) is 4.90 Å². The van der Waals surface area contributed by atoms with Gasteiger partial charge in [-0.05, 0) is 51.3 Å². The third-order valence-corrected chi connectivity index (χ3v) is 3.94. The predicted molar refractivity (Wildman–Crippen MR) is 105 cm³/mol. The first-order valence-electron chi connectivity index (χ1n) is 9.73. The molecule has 0 saturated carbocycles. The van der Waals surface area contributed by atoms with Gasteiger partial charge in [-0.25, -0.2) is 0 Å². The second-order valence-electron chi connectivity index (χ2n) is 6.50. The Bertz CT molecular complexity index is 573. The SMILES string of the molecule is CCOC(=O)CCN(CCCOC(C)C)C(=O)COc1cccc(CC)c1. The lowest BCUT2D eigenvalue weighted by Gasteiger charge is -2.23. The first-order valence-corrected chi connectivity index (χ1v) is 9.73. The second kappa shape index (κ2) is 13.1. The lowest BCUT2D eigenvalue weighted by atomic mass is 10.2. The van der Waals surface area contributed by atoms with Crippen LogP contribution in [0.25, 0.3) is 0 Å². The fraction of sp³-hybridized carbons (Fsp3) is 0.619. The summed E-state index contributed by atoms with van der Waals surface area (Å²) in [7, 11) is 0. The molecule has 0 spiro atoms. The quantitative estimate of drug-likeness (QED) is 0.389. The minimum Gasteiger partial charge on any atom is -0.484 e. The Balaban J connectivity index is 2.56. The molecular formula is C21H33NO5. The average Bonchev–Trinajstić information content (AvgIpc) is 2.65. The Hall–Kier alpha value is -2.08. The molecule has 6 heteroatoms. The first kappa shape index (κ1) is 23.0. The van der Waals surface area contributed by atoms with Gasteiger partial charge in [0.25, 0.3) is 5.91 Å². The van der Waals surface area contributed by atoms with Crippen molar-refractivity contribution >= 4 is 11.9 Å². The summed E-state index contributed by atoms with van der Waals surface area (Å²) in [6.07, 6.45) is 1.95. The van der Waals surface area contributed by atoms with Gasteiger partial charge >= 0.3 is 5.97 Å². The van der Waals surface area contributed by atoms with Crippen LogP contribution in [0.2, 0.25) is 0 Å². The van der Waals surface area contributed by atoms with Crippen molar-refractivity contribution in [2.75, 3.05) is 32.9 Å². The lowest BCUT2D eigenvalue weighted by Crippen LogP contribution is -2.38. The summed E-state index contributed by atoms with van der Waals surface area (Å²) >= 11 is 0. The molecule has 1 amide bonds. The molecule has 0 N–H and O–H groups in total. The van der Waals surface area contributed by atoms with E-state index in [2.05, 4.69) is 6.92 Å². The molecule has 0 fully saturated rings. The van der Waals surface area contributed by atoms with Crippen molar-refractivity contribution in [3.63, 3.8) is 0 Å². The second-order valence-corrected chi connectivity index (χ2v) is 6.50. The average molecular weight is 379 g/mol. The molecule has 0 unspecified atom stereocenters. The van der Waals surface area contributed by atoms with Crippen molar-refractivity contribution in [2.45, 2.75) is 53.1 Å². The highest BCUT2D eigenvalue weighted by atomic mass is 16.5. The fourth-order valence-electron chi connectivity index (χ4n) is 2.49. The predicted octanol–water partition coefficient (Wildman–Crippen LogP) is 3.22. The van der Waals surface area contributed by atoms with Gasteiger partial charge in [0, 0.05) is 19.7 Å². The molecule has 0 heterocycles. The number of carbonyl (C=O) groups is 2. The number of amides is 1. The summed E-state index contributed by atoms with van der Waals surface area (Å²) in [5.41, 5.74) is 1.16. The van der Waals surface area contributed by atoms with Gasteiger partial charge in [-0.3, -0.25) is 9.59 Å². The summed E-state index contributed by atoms with van der Waals surface area (Å²) in [6, 6.07) is 7.72. The highest BCUT2D eigenvalue weighted by molar-refractivity contribution is 5.78. The maximum Gasteiger partial charge on any atom is 0.307 e. The third-order valence-electron chi connectivity index (χ3n) is 3.94. The monoisotopic (exact) mass is 379 g/mol. The Kier molecular flexibility index (Phi) is 11.2. The molecule has 0 radical (unpaired) electrons. The Morgan fingerprint density at radius 2 is 1.93 bits per heavy atom. The fourth-order valence-corrected chi connectivity index (χ4v) is 2.49. The number of hydrogen-bond acceptors (Lipinski definition) is 5. The van der Waals surface area contributed by atoms with Crippen LogP contribution in [0, 0.1) is 0 Å². The van der Waals surface area contributed by atoms with Crippen LogP contribution in [-0.2, 0) is 25.5 Å². The van der Waals surface area contributed by atoms with Crippen molar-refractivity contribution in [3.05, 3.63) is 29.8 Å². The van der Waals surface area contributed by atoms with Crippen LogP contribution in [0.4, 0.5) is 0 Å². The summed E-state index contributed by atoms with van der Waals surface area (Å²) in [5.74, 6) is 0.229. The van der Waals surface area contributed by atoms with E-state index in [1.54, 1.807) is 11.8 Å². The number of esters is 1. The highest BCUT2D eigenvalue weighted by Gasteiger charge is 2.16.